The molecule has 29 heavy (non-hydrogen) atoms. The van der Waals surface area contributed by atoms with Gasteiger partial charge in [0.15, 0.2) is 17.6 Å². The molecule has 1 aliphatic heterocycles. The summed E-state index contributed by atoms with van der Waals surface area (Å²) in [6.07, 6.45) is 2.41. The van der Waals surface area contributed by atoms with Crippen molar-refractivity contribution in [2.45, 2.75) is 31.0 Å². The van der Waals surface area contributed by atoms with Crippen LogP contribution in [0, 0.1) is 5.82 Å². The standard InChI is InChI=1S/C19H20FN7O2/c1-26-17(21-10-22-26)9-29-19-14(11-6-12(28)7-11)8-16-23-24-18(27(16)25-19)13-4-2-3-5-15(13)20/h2-5,8,10-12,17,28H,6-7,9H2,1H3,(H,21,22). The highest BCUT2D eigenvalue weighted by atomic mass is 19.1. The molecule has 3 aromatic rings. The van der Waals surface area contributed by atoms with Crippen molar-refractivity contribution in [1.29, 1.82) is 0 Å². The van der Waals surface area contributed by atoms with Crippen LogP contribution in [0.15, 0.2) is 35.3 Å². The summed E-state index contributed by atoms with van der Waals surface area (Å²) < 4.78 is 21.8. The van der Waals surface area contributed by atoms with Crippen molar-refractivity contribution in [3.05, 3.63) is 41.7 Å². The quantitative estimate of drug-likeness (QED) is 0.670. The predicted octanol–water partition coefficient (Wildman–Crippen LogP) is 1.35. The van der Waals surface area contributed by atoms with Crippen molar-refractivity contribution in [3.8, 4) is 17.3 Å². The van der Waals surface area contributed by atoms with Crippen LogP contribution in [0.4, 0.5) is 4.39 Å². The van der Waals surface area contributed by atoms with Gasteiger partial charge in [-0.15, -0.1) is 15.3 Å². The minimum absolute atomic E-state index is 0.133. The molecule has 0 bridgehead atoms. The molecule has 2 N–H and O–H groups in total. The average molecular weight is 397 g/mol. The maximum Gasteiger partial charge on any atom is 0.235 e. The van der Waals surface area contributed by atoms with E-state index < -0.39 is 5.82 Å². The summed E-state index contributed by atoms with van der Waals surface area (Å²) in [6, 6.07) is 8.23. The smallest absolute Gasteiger partial charge is 0.235 e. The van der Waals surface area contributed by atoms with Crippen molar-refractivity contribution in [1.82, 2.24) is 30.2 Å². The molecule has 0 radical (unpaired) electrons. The van der Waals surface area contributed by atoms with Gasteiger partial charge < -0.3 is 15.3 Å². The molecule has 0 amide bonds. The molecule has 0 saturated heterocycles. The summed E-state index contributed by atoms with van der Waals surface area (Å²) in [6.45, 7) is 0.290. The second-order valence-corrected chi connectivity index (χ2v) is 7.31. The molecule has 150 valence electrons. The van der Waals surface area contributed by atoms with E-state index in [-0.39, 0.29) is 24.8 Å². The number of nitrogens with one attached hydrogen (secondary N) is 1. The number of hydrogen-bond donors (Lipinski definition) is 2. The first-order valence-corrected chi connectivity index (χ1v) is 9.43. The number of aliphatic hydroxyl groups is 1. The normalized spacial score (nSPS) is 23.9. The van der Waals surface area contributed by atoms with Gasteiger partial charge in [-0.05, 0) is 37.0 Å². The number of aliphatic imine (C=N–C) groups is 1. The van der Waals surface area contributed by atoms with Crippen LogP contribution in [0.2, 0.25) is 0 Å². The molecule has 2 aromatic heterocycles. The Morgan fingerprint density at radius 2 is 2.10 bits per heavy atom. The fourth-order valence-corrected chi connectivity index (χ4v) is 3.59. The van der Waals surface area contributed by atoms with Crippen LogP contribution in [0.3, 0.4) is 0 Å². The van der Waals surface area contributed by atoms with Crippen LogP contribution in [0.1, 0.15) is 24.3 Å². The van der Waals surface area contributed by atoms with E-state index in [1.54, 1.807) is 24.5 Å². The molecule has 5 rings (SSSR count). The third-order valence-corrected chi connectivity index (χ3v) is 5.38. The van der Waals surface area contributed by atoms with E-state index in [1.165, 1.54) is 10.6 Å². The molecule has 1 unspecified atom stereocenters. The maximum atomic E-state index is 14.3. The summed E-state index contributed by atoms with van der Waals surface area (Å²) in [5.74, 6) is 0.461. The molecule has 10 heteroatoms. The zero-order valence-electron chi connectivity index (χ0n) is 15.7. The number of aromatic nitrogens is 4. The van der Waals surface area contributed by atoms with E-state index in [1.807, 2.05) is 18.1 Å². The van der Waals surface area contributed by atoms with E-state index in [9.17, 15) is 9.50 Å². The number of benzene rings is 1. The molecular formula is C19H20FN7O2. The molecule has 2 aliphatic rings. The Bertz CT molecular complexity index is 1080. The second-order valence-electron chi connectivity index (χ2n) is 7.31. The van der Waals surface area contributed by atoms with Gasteiger partial charge in [0.1, 0.15) is 12.4 Å². The SMILES string of the molecule is CN1NC=NC1COc1nn2c(-c3ccccc3F)nnc2cc1C1CC(O)C1. The molecule has 1 aliphatic carbocycles. The summed E-state index contributed by atoms with van der Waals surface area (Å²) in [5, 5.41) is 24.5. The first-order valence-electron chi connectivity index (χ1n) is 9.43. The fraction of sp³-hybridized carbons (Fsp3) is 0.368. The van der Waals surface area contributed by atoms with Gasteiger partial charge in [0.05, 0.1) is 18.0 Å². The van der Waals surface area contributed by atoms with Crippen LogP contribution < -0.4 is 10.2 Å². The summed E-state index contributed by atoms with van der Waals surface area (Å²) >= 11 is 0. The van der Waals surface area contributed by atoms with Crippen molar-refractivity contribution in [2.75, 3.05) is 13.7 Å². The number of aliphatic hydroxyl groups excluding tert-OH is 1. The number of halogens is 1. The Hall–Kier alpha value is -3.11. The number of rotatable bonds is 5. The largest absolute Gasteiger partial charge is 0.473 e. The third-order valence-electron chi connectivity index (χ3n) is 5.38. The Labute approximate surface area is 165 Å². The van der Waals surface area contributed by atoms with Crippen LogP contribution >= 0.6 is 0 Å². The van der Waals surface area contributed by atoms with E-state index in [0.29, 0.717) is 35.8 Å². The van der Waals surface area contributed by atoms with Gasteiger partial charge >= 0.3 is 0 Å². The van der Waals surface area contributed by atoms with E-state index in [0.717, 1.165) is 5.56 Å². The molecule has 1 fully saturated rings. The van der Waals surface area contributed by atoms with Gasteiger partial charge in [0.25, 0.3) is 0 Å². The highest BCUT2D eigenvalue weighted by Crippen LogP contribution is 2.41. The number of ether oxygens (including phenoxy) is 1. The number of nitrogens with zero attached hydrogens (tertiary/aromatic N) is 6. The highest BCUT2D eigenvalue weighted by Gasteiger charge is 2.33. The fourth-order valence-electron chi connectivity index (χ4n) is 3.59. The van der Waals surface area contributed by atoms with Crippen LogP contribution in [-0.2, 0) is 0 Å². The molecule has 1 atom stereocenters. The lowest BCUT2D eigenvalue weighted by molar-refractivity contribution is 0.0725. The Kier molecular flexibility index (Phi) is 4.36. The second kappa shape index (κ2) is 7.05. The first kappa shape index (κ1) is 18.0. The van der Waals surface area contributed by atoms with E-state index >= 15 is 0 Å². The minimum Gasteiger partial charge on any atom is -0.473 e. The Morgan fingerprint density at radius 1 is 1.28 bits per heavy atom. The van der Waals surface area contributed by atoms with Gasteiger partial charge in [-0.2, -0.15) is 9.52 Å². The molecular weight excluding hydrogens is 377 g/mol. The van der Waals surface area contributed by atoms with Gasteiger partial charge in [-0.25, -0.2) is 4.39 Å². The van der Waals surface area contributed by atoms with E-state index in [4.69, 9.17) is 4.74 Å². The van der Waals surface area contributed by atoms with Crippen LogP contribution in [0.5, 0.6) is 5.88 Å². The van der Waals surface area contributed by atoms with Crippen LogP contribution in [0.25, 0.3) is 17.0 Å². The lowest BCUT2D eigenvalue weighted by Crippen LogP contribution is -2.38. The van der Waals surface area contributed by atoms with Gasteiger partial charge in [-0.1, -0.05) is 12.1 Å². The molecule has 9 nitrogen and oxygen atoms in total. The minimum atomic E-state index is -0.398. The zero-order valence-corrected chi connectivity index (χ0v) is 15.7. The topological polar surface area (TPSA) is 100 Å². The third kappa shape index (κ3) is 3.19. The number of hydrogen-bond acceptors (Lipinski definition) is 8. The molecule has 1 aromatic carbocycles. The Balaban J connectivity index is 1.54. The zero-order chi connectivity index (χ0) is 20.0. The molecule has 3 heterocycles. The van der Waals surface area contributed by atoms with Crippen LogP contribution in [-0.4, -0.2) is 62.2 Å². The monoisotopic (exact) mass is 397 g/mol. The summed E-state index contributed by atoms with van der Waals surface area (Å²) in [5.41, 5.74) is 4.66. The number of fused-ring (bicyclic) bond motifs is 1. The molecule has 0 spiro atoms. The van der Waals surface area contributed by atoms with Gasteiger partial charge in [-0.3, -0.25) is 4.99 Å². The van der Waals surface area contributed by atoms with Crippen molar-refractivity contribution in [2.24, 2.45) is 4.99 Å². The lowest BCUT2D eigenvalue weighted by Gasteiger charge is -2.32. The first-order chi connectivity index (χ1) is 14.1. The maximum absolute atomic E-state index is 14.3. The van der Waals surface area contributed by atoms with Gasteiger partial charge in [0.2, 0.25) is 5.88 Å². The molecule has 1 saturated carbocycles. The van der Waals surface area contributed by atoms with Crippen molar-refractivity contribution >= 4 is 12.0 Å². The number of hydrazine groups is 1. The summed E-state index contributed by atoms with van der Waals surface area (Å²) in [7, 11) is 1.87. The highest BCUT2D eigenvalue weighted by molar-refractivity contribution is 5.60. The lowest BCUT2D eigenvalue weighted by atomic mass is 9.78. The van der Waals surface area contributed by atoms with E-state index in [2.05, 4.69) is 25.7 Å². The van der Waals surface area contributed by atoms with Crippen molar-refractivity contribution < 1.29 is 14.2 Å². The Morgan fingerprint density at radius 3 is 2.83 bits per heavy atom. The average Bonchev–Trinajstić information content (AvgIpc) is 3.29. The van der Waals surface area contributed by atoms with Crippen molar-refractivity contribution in [3.63, 3.8) is 0 Å². The summed E-state index contributed by atoms with van der Waals surface area (Å²) in [4.78, 5) is 4.30. The number of likely N-dealkylation sites (N-methyl/N-ethyl adjacent to an activating group) is 1. The van der Waals surface area contributed by atoms with Gasteiger partial charge in [0, 0.05) is 12.6 Å². The predicted molar refractivity (Wildman–Crippen MR) is 103 cm³/mol.